The maximum Gasteiger partial charge on any atom is 0.268 e. The van der Waals surface area contributed by atoms with Gasteiger partial charge in [0.15, 0.2) is 0 Å². The zero-order chi connectivity index (χ0) is 13.1. The Morgan fingerprint density at radius 3 is 3.06 bits per heavy atom. The number of hydrogen-bond donors (Lipinski definition) is 2. The van der Waals surface area contributed by atoms with Gasteiger partial charge in [-0.25, -0.2) is 0 Å². The lowest BCUT2D eigenvalue weighted by molar-refractivity contribution is 0.0929. The molecule has 1 aromatic heterocycles. The van der Waals surface area contributed by atoms with Gasteiger partial charge in [-0.1, -0.05) is 6.42 Å². The summed E-state index contributed by atoms with van der Waals surface area (Å²) in [7, 11) is 0. The second kappa shape index (κ2) is 5.69. The first kappa shape index (κ1) is 13.3. The summed E-state index contributed by atoms with van der Waals surface area (Å²) in [6, 6.07) is 2.05. The number of nitrogen functional groups attached to an aromatic ring is 1. The lowest BCUT2D eigenvalue weighted by Gasteiger charge is -2.19. The molecule has 2 rings (SSSR count). The third-order valence-electron chi connectivity index (χ3n) is 3.56. The molecule has 0 bridgehead atoms. The van der Waals surface area contributed by atoms with Crippen molar-refractivity contribution in [3.63, 3.8) is 0 Å². The summed E-state index contributed by atoms with van der Waals surface area (Å²) in [6.45, 7) is 2.77. The molecule has 2 atom stereocenters. The van der Waals surface area contributed by atoms with Crippen LogP contribution in [0.25, 0.3) is 0 Å². The highest BCUT2D eigenvalue weighted by molar-refractivity contribution is 7.99. The Morgan fingerprint density at radius 2 is 2.39 bits per heavy atom. The lowest BCUT2D eigenvalue weighted by Crippen LogP contribution is -2.39. The van der Waals surface area contributed by atoms with Gasteiger partial charge in [0.2, 0.25) is 0 Å². The van der Waals surface area contributed by atoms with Crippen LogP contribution >= 0.6 is 11.8 Å². The molecule has 1 aliphatic carbocycles. The van der Waals surface area contributed by atoms with E-state index in [9.17, 15) is 4.79 Å². The Bertz CT molecular complexity index is 430. The number of anilines is 1. The second-order valence-electron chi connectivity index (χ2n) is 4.73. The maximum absolute atomic E-state index is 12.3. The molecule has 0 saturated heterocycles. The van der Waals surface area contributed by atoms with Crippen LogP contribution in [0.15, 0.2) is 12.3 Å². The van der Waals surface area contributed by atoms with Crippen LogP contribution in [0.3, 0.4) is 0 Å². The molecule has 100 valence electrons. The van der Waals surface area contributed by atoms with Crippen molar-refractivity contribution in [1.82, 2.24) is 9.88 Å². The number of aryl methyl sites for hydroxylation is 1. The van der Waals surface area contributed by atoms with Crippen LogP contribution in [0.4, 0.5) is 5.69 Å². The largest absolute Gasteiger partial charge is 0.397 e. The minimum absolute atomic E-state index is 0.000463. The van der Waals surface area contributed by atoms with Gasteiger partial charge in [-0.15, -0.1) is 0 Å². The van der Waals surface area contributed by atoms with Crippen LogP contribution in [0, 0.1) is 0 Å². The Morgan fingerprint density at radius 1 is 1.61 bits per heavy atom. The fourth-order valence-electron chi connectivity index (χ4n) is 2.60. The van der Waals surface area contributed by atoms with Gasteiger partial charge >= 0.3 is 0 Å². The van der Waals surface area contributed by atoms with E-state index in [2.05, 4.69) is 11.6 Å². The maximum atomic E-state index is 12.3. The number of carbonyl (C=O) groups is 1. The Balaban J connectivity index is 2.07. The van der Waals surface area contributed by atoms with Crippen molar-refractivity contribution in [2.75, 3.05) is 12.0 Å². The van der Waals surface area contributed by atoms with Gasteiger partial charge in [-0.2, -0.15) is 11.8 Å². The van der Waals surface area contributed by atoms with Crippen LogP contribution in [0.5, 0.6) is 0 Å². The van der Waals surface area contributed by atoms with E-state index in [1.807, 2.05) is 29.4 Å². The number of amides is 1. The lowest BCUT2D eigenvalue weighted by atomic mass is 10.2. The van der Waals surface area contributed by atoms with Crippen molar-refractivity contribution in [2.45, 2.75) is 44.0 Å². The van der Waals surface area contributed by atoms with Gasteiger partial charge in [0.1, 0.15) is 5.69 Å². The number of thioether (sulfide) groups is 1. The predicted molar refractivity (Wildman–Crippen MR) is 76.9 cm³/mol. The van der Waals surface area contributed by atoms with Gasteiger partial charge in [-0.05, 0) is 32.1 Å². The quantitative estimate of drug-likeness (QED) is 0.878. The van der Waals surface area contributed by atoms with Crippen molar-refractivity contribution < 1.29 is 4.79 Å². The minimum atomic E-state index is -0.000463. The summed E-state index contributed by atoms with van der Waals surface area (Å²) in [5.41, 5.74) is 7.07. The monoisotopic (exact) mass is 267 g/mol. The normalized spacial score (nSPS) is 23.2. The van der Waals surface area contributed by atoms with Gasteiger partial charge in [0, 0.05) is 24.0 Å². The molecule has 4 nitrogen and oxygen atoms in total. The summed E-state index contributed by atoms with van der Waals surface area (Å²) < 4.78 is 1.90. The molecule has 1 saturated carbocycles. The van der Waals surface area contributed by atoms with E-state index in [1.54, 1.807) is 6.07 Å². The van der Waals surface area contributed by atoms with Crippen LogP contribution in [0.2, 0.25) is 0 Å². The third-order valence-corrected chi connectivity index (χ3v) is 4.73. The molecular weight excluding hydrogens is 246 g/mol. The van der Waals surface area contributed by atoms with E-state index < -0.39 is 0 Å². The molecule has 0 aliphatic heterocycles. The standard InChI is InChI=1S/C13H21N3OS/c1-3-16-8-9(14)7-11(16)13(17)15-10-5-4-6-12(10)18-2/h7-8,10,12H,3-6,14H2,1-2H3,(H,15,17). The fourth-order valence-corrected chi connectivity index (χ4v) is 3.54. The van der Waals surface area contributed by atoms with E-state index in [0.29, 0.717) is 22.7 Å². The van der Waals surface area contributed by atoms with Crippen molar-refractivity contribution in [1.29, 1.82) is 0 Å². The van der Waals surface area contributed by atoms with Gasteiger partial charge in [0.05, 0.1) is 5.69 Å². The van der Waals surface area contributed by atoms with Crippen LogP contribution < -0.4 is 11.1 Å². The van der Waals surface area contributed by atoms with Gasteiger partial charge < -0.3 is 15.6 Å². The van der Waals surface area contributed by atoms with Crippen LogP contribution in [-0.4, -0.2) is 28.0 Å². The first-order valence-corrected chi connectivity index (χ1v) is 7.73. The molecule has 0 radical (unpaired) electrons. The van der Waals surface area contributed by atoms with E-state index in [1.165, 1.54) is 12.8 Å². The summed E-state index contributed by atoms with van der Waals surface area (Å²) >= 11 is 1.85. The molecule has 2 unspecified atom stereocenters. The first-order chi connectivity index (χ1) is 8.65. The topological polar surface area (TPSA) is 60.0 Å². The number of hydrogen-bond acceptors (Lipinski definition) is 3. The van der Waals surface area contributed by atoms with Crippen molar-refractivity contribution in [3.8, 4) is 0 Å². The van der Waals surface area contributed by atoms with E-state index >= 15 is 0 Å². The predicted octanol–water partition coefficient (Wildman–Crippen LogP) is 2.10. The molecule has 0 aromatic carbocycles. The number of aromatic nitrogens is 1. The van der Waals surface area contributed by atoms with E-state index in [0.717, 1.165) is 13.0 Å². The van der Waals surface area contributed by atoms with Crippen molar-refractivity contribution in [3.05, 3.63) is 18.0 Å². The number of nitrogens with zero attached hydrogens (tertiary/aromatic N) is 1. The van der Waals surface area contributed by atoms with Gasteiger partial charge in [0.25, 0.3) is 5.91 Å². The SMILES string of the molecule is CCn1cc(N)cc1C(=O)NC1CCCC1SC. The molecule has 1 heterocycles. The molecule has 0 spiro atoms. The average Bonchev–Trinajstić information content (AvgIpc) is 2.94. The number of carbonyl (C=O) groups excluding carboxylic acids is 1. The smallest absolute Gasteiger partial charge is 0.268 e. The first-order valence-electron chi connectivity index (χ1n) is 6.45. The molecule has 1 fully saturated rings. The molecule has 3 N–H and O–H groups in total. The zero-order valence-electron chi connectivity index (χ0n) is 11.0. The molecular formula is C13H21N3OS. The Kier molecular flexibility index (Phi) is 4.22. The summed E-state index contributed by atoms with van der Waals surface area (Å²) in [5.74, 6) is -0.000463. The highest BCUT2D eigenvalue weighted by atomic mass is 32.2. The fraction of sp³-hybridized carbons (Fsp3) is 0.615. The van der Waals surface area contributed by atoms with Crippen molar-refractivity contribution in [2.24, 2.45) is 0 Å². The average molecular weight is 267 g/mol. The summed E-state index contributed by atoms with van der Waals surface area (Å²) in [4.78, 5) is 12.3. The summed E-state index contributed by atoms with van der Waals surface area (Å²) in [5, 5.41) is 3.70. The second-order valence-corrected chi connectivity index (χ2v) is 5.81. The third kappa shape index (κ3) is 2.66. The van der Waals surface area contributed by atoms with Crippen LogP contribution in [-0.2, 0) is 6.54 Å². The number of nitrogens with one attached hydrogen (secondary N) is 1. The zero-order valence-corrected chi connectivity index (χ0v) is 11.8. The van der Waals surface area contributed by atoms with Crippen LogP contribution in [0.1, 0.15) is 36.7 Å². The molecule has 1 aliphatic rings. The minimum Gasteiger partial charge on any atom is -0.397 e. The van der Waals surface area contributed by atoms with E-state index in [-0.39, 0.29) is 5.91 Å². The van der Waals surface area contributed by atoms with E-state index in [4.69, 9.17) is 5.73 Å². The molecule has 18 heavy (non-hydrogen) atoms. The Hall–Kier alpha value is -1.10. The summed E-state index contributed by atoms with van der Waals surface area (Å²) in [6.07, 6.45) is 7.41. The molecule has 1 amide bonds. The Labute approximate surface area is 112 Å². The highest BCUT2D eigenvalue weighted by Gasteiger charge is 2.28. The number of nitrogens with two attached hydrogens (primary N) is 1. The molecule has 5 heteroatoms. The van der Waals surface area contributed by atoms with Crippen molar-refractivity contribution >= 4 is 23.4 Å². The van der Waals surface area contributed by atoms with Gasteiger partial charge in [-0.3, -0.25) is 4.79 Å². The number of rotatable bonds is 4. The molecule has 1 aromatic rings. The highest BCUT2D eigenvalue weighted by Crippen LogP contribution is 2.28.